The summed E-state index contributed by atoms with van der Waals surface area (Å²) in [5.74, 6) is 8.99. The third-order valence-corrected chi connectivity index (χ3v) is 6.07. The first-order chi connectivity index (χ1) is 14.8. The lowest BCUT2D eigenvalue weighted by Crippen LogP contribution is -2.46. The molecule has 1 aromatic carbocycles. The highest BCUT2D eigenvalue weighted by atomic mass is 32.2. The van der Waals surface area contributed by atoms with E-state index in [1.54, 1.807) is 14.2 Å². The number of carboxylic acids is 1. The third kappa shape index (κ3) is 7.05. The summed E-state index contributed by atoms with van der Waals surface area (Å²) in [5, 5.41) is 7.42. The van der Waals surface area contributed by atoms with Crippen molar-refractivity contribution < 1.29 is 23.3 Å². The van der Waals surface area contributed by atoms with Crippen molar-refractivity contribution in [1.29, 1.82) is 0 Å². The molecule has 5 nitrogen and oxygen atoms in total. The van der Waals surface area contributed by atoms with Gasteiger partial charge in [0.25, 0.3) is 5.97 Å². The minimum Gasteiger partial charge on any atom is -0.493 e. The number of halogens is 1. The summed E-state index contributed by atoms with van der Waals surface area (Å²) in [6.45, 7) is 7.77. The van der Waals surface area contributed by atoms with Crippen LogP contribution in [0.4, 0.5) is 3.89 Å². The van der Waals surface area contributed by atoms with Gasteiger partial charge >= 0.3 is 0 Å². The maximum absolute atomic E-state index is 12.5. The molecule has 0 aromatic heterocycles. The first kappa shape index (κ1) is 25.4. The van der Waals surface area contributed by atoms with E-state index in [-0.39, 0.29) is 5.75 Å². The Balaban J connectivity index is 0.000000785. The first-order valence-electron chi connectivity index (χ1n) is 10.7. The van der Waals surface area contributed by atoms with Crippen molar-refractivity contribution in [3.63, 3.8) is 0 Å². The Morgan fingerprint density at radius 1 is 1.32 bits per heavy atom. The number of benzene rings is 1. The Hall–Kier alpha value is -1.91. The zero-order valence-corrected chi connectivity index (χ0v) is 19.9. The third-order valence-electron chi connectivity index (χ3n) is 5.82. The van der Waals surface area contributed by atoms with Crippen LogP contribution in [0.3, 0.4) is 0 Å². The molecule has 2 unspecified atom stereocenters. The lowest BCUT2D eigenvalue weighted by Gasteiger charge is -2.46. The molecule has 2 aliphatic heterocycles. The molecular weight excluding hydrogens is 417 g/mol. The van der Waals surface area contributed by atoms with Crippen LogP contribution in [-0.4, -0.2) is 49.0 Å². The molecule has 1 saturated heterocycles. The van der Waals surface area contributed by atoms with Crippen LogP contribution in [0.25, 0.3) is 0 Å². The second-order valence-corrected chi connectivity index (χ2v) is 9.00. The number of ether oxygens (including phenoxy) is 2. The van der Waals surface area contributed by atoms with E-state index in [9.17, 15) is 3.89 Å². The Morgan fingerprint density at radius 2 is 1.97 bits per heavy atom. The van der Waals surface area contributed by atoms with Gasteiger partial charge in [0.1, 0.15) is 0 Å². The van der Waals surface area contributed by atoms with Gasteiger partial charge in [-0.15, -0.1) is 0 Å². The number of fused-ring (bicyclic) bond motifs is 3. The Bertz CT molecular complexity index is 801. The SMILES string of the molecule is CC(=O)O.COc1cc2c(cc1OC)C1CC(C#CCSF)[C@H](CC(C)C)CN1CC2. The van der Waals surface area contributed by atoms with Crippen molar-refractivity contribution in [2.75, 3.05) is 33.1 Å². The lowest BCUT2D eigenvalue weighted by molar-refractivity contribution is -0.134. The molecule has 1 fully saturated rings. The Morgan fingerprint density at radius 3 is 2.55 bits per heavy atom. The zero-order valence-electron chi connectivity index (χ0n) is 19.1. The summed E-state index contributed by atoms with van der Waals surface area (Å²) >= 11 is 0.311. The van der Waals surface area contributed by atoms with Crippen molar-refractivity contribution >= 4 is 18.1 Å². The van der Waals surface area contributed by atoms with Gasteiger partial charge in [-0.1, -0.05) is 25.7 Å². The fourth-order valence-corrected chi connectivity index (χ4v) is 4.80. The molecule has 7 heteroatoms. The average Bonchev–Trinajstić information content (AvgIpc) is 2.72. The molecule has 1 aromatic rings. The van der Waals surface area contributed by atoms with Gasteiger partial charge in [0, 0.05) is 32.0 Å². The summed E-state index contributed by atoms with van der Waals surface area (Å²) in [7, 11) is 3.37. The van der Waals surface area contributed by atoms with E-state index >= 15 is 0 Å². The summed E-state index contributed by atoms with van der Waals surface area (Å²) in [5.41, 5.74) is 2.69. The highest BCUT2D eigenvalue weighted by Crippen LogP contribution is 2.45. The van der Waals surface area contributed by atoms with Gasteiger partial charge in [0.2, 0.25) is 0 Å². The largest absolute Gasteiger partial charge is 0.493 e. The Labute approximate surface area is 190 Å². The van der Waals surface area contributed by atoms with Crippen LogP contribution in [0.2, 0.25) is 0 Å². The van der Waals surface area contributed by atoms with Gasteiger partial charge in [-0.2, -0.15) is 3.89 Å². The minimum absolute atomic E-state index is 0.265. The number of hydrogen-bond acceptors (Lipinski definition) is 5. The fourth-order valence-electron chi connectivity index (χ4n) is 4.66. The number of piperidine rings is 1. The van der Waals surface area contributed by atoms with E-state index in [0.29, 0.717) is 35.9 Å². The number of aliphatic carboxylic acids is 1. The molecule has 0 aliphatic carbocycles. The number of methoxy groups -OCH3 is 2. The molecule has 3 atom stereocenters. The maximum atomic E-state index is 12.5. The van der Waals surface area contributed by atoms with Gasteiger partial charge < -0.3 is 14.6 Å². The van der Waals surface area contributed by atoms with Gasteiger partial charge in [0.15, 0.2) is 11.5 Å². The van der Waals surface area contributed by atoms with Crippen LogP contribution in [0.15, 0.2) is 12.1 Å². The van der Waals surface area contributed by atoms with Crippen molar-refractivity contribution in [1.82, 2.24) is 4.90 Å². The Kier molecular flexibility index (Phi) is 9.98. The average molecular weight is 452 g/mol. The van der Waals surface area contributed by atoms with Crippen molar-refractivity contribution in [2.24, 2.45) is 17.8 Å². The van der Waals surface area contributed by atoms with Crippen LogP contribution < -0.4 is 9.47 Å². The van der Waals surface area contributed by atoms with E-state index in [4.69, 9.17) is 19.4 Å². The number of carboxylic acid groups (broad SMARTS) is 1. The molecule has 2 heterocycles. The van der Waals surface area contributed by atoms with Crippen LogP contribution in [-0.2, 0) is 11.2 Å². The second kappa shape index (κ2) is 12.2. The molecule has 31 heavy (non-hydrogen) atoms. The second-order valence-electron chi connectivity index (χ2n) is 8.49. The highest BCUT2D eigenvalue weighted by molar-refractivity contribution is 7.94. The quantitative estimate of drug-likeness (QED) is 0.636. The lowest BCUT2D eigenvalue weighted by atomic mass is 9.74. The van der Waals surface area contributed by atoms with E-state index in [2.05, 4.69) is 42.7 Å². The van der Waals surface area contributed by atoms with Crippen LogP contribution in [0.1, 0.15) is 50.8 Å². The summed E-state index contributed by atoms with van der Waals surface area (Å²) in [6, 6.07) is 4.64. The monoisotopic (exact) mass is 451 g/mol. The highest BCUT2D eigenvalue weighted by Gasteiger charge is 2.38. The number of hydrogen-bond donors (Lipinski definition) is 1. The van der Waals surface area contributed by atoms with Crippen molar-refractivity contribution in [3.05, 3.63) is 23.3 Å². The number of rotatable bonds is 5. The standard InChI is InChI=1S/C22H30FNO2S.C2H4O2/c1-15(2)10-18-14-24-8-7-17-12-21(25-3)22(26-4)13-19(17)20(24)11-16(18)6-5-9-27-23;1-2(3)4/h12-13,15-16,18,20H,7-11,14H2,1-4H3;1H3,(H,3,4)/t16?,18-,20?;/m1./s1. The van der Waals surface area contributed by atoms with Gasteiger partial charge in [-0.3, -0.25) is 9.69 Å². The van der Waals surface area contributed by atoms with Gasteiger partial charge in [-0.25, -0.2) is 0 Å². The zero-order chi connectivity index (χ0) is 23.0. The summed E-state index contributed by atoms with van der Waals surface area (Å²) < 4.78 is 23.5. The number of nitrogens with zero attached hydrogens (tertiary/aromatic N) is 1. The molecule has 0 saturated carbocycles. The van der Waals surface area contributed by atoms with E-state index in [0.717, 1.165) is 44.4 Å². The summed E-state index contributed by atoms with van der Waals surface area (Å²) in [6.07, 6.45) is 3.21. The van der Waals surface area contributed by atoms with E-state index in [1.807, 2.05) is 0 Å². The fraction of sp³-hybridized carbons (Fsp3) is 0.625. The maximum Gasteiger partial charge on any atom is 0.300 e. The topological polar surface area (TPSA) is 59.0 Å². The molecule has 172 valence electrons. The van der Waals surface area contributed by atoms with Crippen LogP contribution >= 0.6 is 12.1 Å². The van der Waals surface area contributed by atoms with Crippen LogP contribution in [0, 0.1) is 29.6 Å². The van der Waals surface area contributed by atoms with Crippen molar-refractivity contribution in [2.45, 2.75) is 46.1 Å². The van der Waals surface area contributed by atoms with Gasteiger partial charge in [-0.05, 0) is 54.4 Å². The summed E-state index contributed by atoms with van der Waals surface area (Å²) in [4.78, 5) is 11.6. The number of carbonyl (C=O) groups is 1. The first-order valence-corrected chi connectivity index (χ1v) is 11.6. The molecule has 0 spiro atoms. The molecule has 0 bridgehead atoms. The molecule has 0 radical (unpaired) electrons. The smallest absolute Gasteiger partial charge is 0.300 e. The van der Waals surface area contributed by atoms with Gasteiger partial charge in [0.05, 0.1) is 32.1 Å². The minimum atomic E-state index is -0.833. The molecule has 3 rings (SSSR count). The normalized spacial score (nSPS) is 22.2. The predicted molar refractivity (Wildman–Crippen MR) is 123 cm³/mol. The molecular formula is C24H34FNO4S. The molecule has 0 amide bonds. The predicted octanol–water partition coefficient (Wildman–Crippen LogP) is 5.00. The van der Waals surface area contributed by atoms with E-state index in [1.165, 1.54) is 17.5 Å². The van der Waals surface area contributed by atoms with E-state index < -0.39 is 5.97 Å². The van der Waals surface area contributed by atoms with Crippen molar-refractivity contribution in [3.8, 4) is 23.3 Å². The molecule has 1 N–H and O–H groups in total. The molecule has 2 aliphatic rings. The van der Waals surface area contributed by atoms with Crippen LogP contribution in [0.5, 0.6) is 11.5 Å².